The van der Waals surface area contributed by atoms with E-state index in [0.717, 1.165) is 55.4 Å². The molecule has 0 radical (unpaired) electrons. The van der Waals surface area contributed by atoms with E-state index in [9.17, 15) is 5.26 Å². The first-order chi connectivity index (χ1) is 32.6. The summed E-state index contributed by atoms with van der Waals surface area (Å²) in [5.41, 5.74) is 13.0. The number of rotatable bonds is 7. The van der Waals surface area contributed by atoms with Gasteiger partial charge >= 0.3 is 20.1 Å². The van der Waals surface area contributed by atoms with Crippen molar-refractivity contribution in [3.8, 4) is 45.3 Å². The second-order valence-electron chi connectivity index (χ2n) is 18.1. The van der Waals surface area contributed by atoms with E-state index >= 15 is 0 Å². The number of imidazole rings is 1. The van der Waals surface area contributed by atoms with Crippen molar-refractivity contribution in [2.45, 2.75) is 92.3 Å². The molecule has 0 spiro atoms. The van der Waals surface area contributed by atoms with Gasteiger partial charge in [0.1, 0.15) is 17.2 Å². The van der Waals surface area contributed by atoms with Crippen molar-refractivity contribution in [1.29, 1.82) is 5.26 Å². The Morgan fingerprint density at radius 3 is 2.09 bits per heavy atom. The molecular formula is C58H56IrN4O+. The molecule has 0 bridgehead atoms. The van der Waals surface area contributed by atoms with Gasteiger partial charge in [-0.25, -0.2) is 0 Å². The van der Waals surface area contributed by atoms with Crippen molar-refractivity contribution in [3.63, 3.8) is 0 Å². The van der Waals surface area contributed by atoms with Crippen LogP contribution in [0.15, 0.2) is 126 Å². The summed E-state index contributed by atoms with van der Waals surface area (Å²) >= 11 is 0. The van der Waals surface area contributed by atoms with Gasteiger partial charge in [-0.2, -0.15) is 35.6 Å². The first kappa shape index (κ1) is 38.3. The average molecular weight is 1020 g/mol. The second kappa shape index (κ2) is 18.5. The molecule has 6 aromatic carbocycles. The van der Waals surface area contributed by atoms with E-state index in [1.807, 2.05) is 91.0 Å². The number of hydrogen-bond donors (Lipinski definition) is 0. The largest absolute Gasteiger partial charge is 3.00 e. The number of aryl methyl sites for hydroxylation is 2. The second-order valence-corrected chi connectivity index (χ2v) is 18.1. The first-order valence-electron chi connectivity index (χ1n) is 24.6. The van der Waals surface area contributed by atoms with Gasteiger partial charge in [0.15, 0.2) is 0 Å². The van der Waals surface area contributed by atoms with Crippen LogP contribution in [0.25, 0.3) is 72.2 Å². The van der Waals surface area contributed by atoms with Crippen molar-refractivity contribution in [2.75, 3.05) is 0 Å². The number of para-hydroxylation sites is 3. The maximum atomic E-state index is 10.5. The van der Waals surface area contributed by atoms with E-state index in [2.05, 4.69) is 99.0 Å². The minimum atomic E-state index is -2.39. The van der Waals surface area contributed by atoms with Gasteiger partial charge in [-0.15, -0.1) is 17.7 Å². The van der Waals surface area contributed by atoms with Crippen molar-refractivity contribution in [3.05, 3.63) is 173 Å². The van der Waals surface area contributed by atoms with Gasteiger partial charge in [0, 0.05) is 21.3 Å². The van der Waals surface area contributed by atoms with Gasteiger partial charge in [0.2, 0.25) is 6.33 Å². The number of aromatic nitrogens is 3. The van der Waals surface area contributed by atoms with Crippen molar-refractivity contribution < 1.29 is 37.3 Å². The Labute approximate surface area is 401 Å². The Bertz CT molecular complexity index is 3360. The maximum absolute atomic E-state index is 10.5. The standard InChI is InChI=1S/C44H45N2O.C14H11N2.Ir/c1-25(2)31-16-18-33(43-41(31)34-19-17-32(29-14-12-11-13-15-29)38(23-45)42(34)47-43)39-22-37(28(7)24-46-39)40-35(26(3)4)20-30(44(8,9)10)21-36(40)27(5)6;1-15-11-16(12-7-3-2-4-8-12)14-10-6-5-9-13(14)15;/h11-17,19-22,24-27H,1-10H3;2-7,9-10H,1H3;/q2*-1;+3/i7D3;1D3;. The summed E-state index contributed by atoms with van der Waals surface area (Å²) in [5.74, 6) is 0.453. The summed E-state index contributed by atoms with van der Waals surface area (Å²) in [6.45, 7) is 14.9. The normalized spacial score (nSPS) is 13.4. The fourth-order valence-electron chi connectivity index (χ4n) is 8.42. The van der Waals surface area contributed by atoms with Crippen molar-refractivity contribution in [2.24, 2.45) is 6.98 Å². The summed E-state index contributed by atoms with van der Waals surface area (Å²) < 4.78 is 58.1. The van der Waals surface area contributed by atoms with Crippen LogP contribution in [0.4, 0.5) is 0 Å². The Balaban J connectivity index is 0.000000300. The first-order valence-corrected chi connectivity index (χ1v) is 21.6. The van der Waals surface area contributed by atoms with Crippen LogP contribution >= 0.6 is 0 Å². The summed E-state index contributed by atoms with van der Waals surface area (Å²) in [7, 11) is 0. The third-order valence-corrected chi connectivity index (χ3v) is 11.8. The maximum Gasteiger partial charge on any atom is 3.00 e. The SMILES string of the molecule is [2H]C([2H])([2H])[n+]1[c-]n(-c2[c-]cccc2)c2ccccc21.[2H]C([2H])([2H])c1cnc(-c2[c-]cc(C(C)C)c3c2oc2c(C#N)c(-c4ccccc4)ccc23)cc1-c1c(C(C)C)cc(C(C)(C)C)cc1C(C)C.[Ir+3]. The molecule has 0 saturated heterocycles. The molecule has 9 rings (SSSR count). The van der Waals surface area contributed by atoms with E-state index in [1.54, 1.807) is 16.7 Å². The van der Waals surface area contributed by atoms with Crippen molar-refractivity contribution >= 4 is 33.0 Å². The predicted molar refractivity (Wildman–Crippen MR) is 259 cm³/mol. The zero-order chi connectivity index (χ0) is 49.7. The molecule has 0 amide bonds. The Morgan fingerprint density at radius 1 is 0.781 bits per heavy atom. The zero-order valence-corrected chi connectivity index (χ0v) is 40.2. The van der Waals surface area contributed by atoms with Crippen LogP contribution in [0.3, 0.4) is 0 Å². The average Bonchev–Trinajstić information content (AvgIpc) is 3.91. The van der Waals surface area contributed by atoms with Crippen LogP contribution in [-0.2, 0) is 32.5 Å². The molecule has 0 aliphatic heterocycles. The molecule has 5 nitrogen and oxygen atoms in total. The molecule has 9 aromatic rings. The third-order valence-electron chi connectivity index (χ3n) is 11.8. The number of hydrogen-bond acceptors (Lipinski definition) is 3. The van der Waals surface area contributed by atoms with Crippen LogP contribution < -0.4 is 4.57 Å². The molecule has 0 atom stereocenters. The summed E-state index contributed by atoms with van der Waals surface area (Å²) in [6.07, 6.45) is 4.40. The molecule has 6 heteroatoms. The van der Waals surface area contributed by atoms with Crippen LogP contribution in [0.1, 0.15) is 122 Å². The smallest absolute Gasteiger partial charge is 0.499 e. The van der Waals surface area contributed by atoms with Crippen LogP contribution in [0.5, 0.6) is 0 Å². The van der Waals surface area contributed by atoms with Gasteiger partial charge < -0.3 is 18.5 Å². The molecule has 64 heavy (non-hydrogen) atoms. The van der Waals surface area contributed by atoms with Crippen molar-refractivity contribution in [1.82, 2.24) is 9.55 Å². The van der Waals surface area contributed by atoms with E-state index in [0.29, 0.717) is 39.1 Å². The minimum absolute atomic E-state index is 0. The molecule has 0 saturated carbocycles. The quantitative estimate of drug-likeness (QED) is 0.118. The molecule has 0 fully saturated rings. The summed E-state index contributed by atoms with van der Waals surface area (Å²) in [5, 5.41) is 12.2. The molecule has 3 heterocycles. The fourth-order valence-corrected chi connectivity index (χ4v) is 8.42. The number of benzene rings is 6. The van der Waals surface area contributed by atoms with Gasteiger partial charge in [-0.1, -0.05) is 170 Å². The van der Waals surface area contributed by atoms with Gasteiger partial charge in [-0.05, 0) is 68.7 Å². The molecule has 0 unspecified atom stereocenters. The van der Waals surface area contributed by atoms with E-state index < -0.39 is 13.8 Å². The van der Waals surface area contributed by atoms with Gasteiger partial charge in [0.25, 0.3) is 0 Å². The molecule has 3 aromatic heterocycles. The molecule has 0 aliphatic carbocycles. The minimum Gasteiger partial charge on any atom is -0.499 e. The monoisotopic (exact) mass is 1020 g/mol. The fraction of sp³-hybridized carbons (Fsp3) is 0.259. The van der Waals surface area contributed by atoms with Gasteiger partial charge in [0.05, 0.1) is 27.7 Å². The van der Waals surface area contributed by atoms with Gasteiger partial charge in [-0.3, -0.25) is 0 Å². The number of nitriles is 1. The molecule has 0 N–H and O–H groups in total. The number of nitrogens with zero attached hydrogens (tertiary/aromatic N) is 4. The van der Waals surface area contributed by atoms with E-state index in [1.165, 1.54) is 16.3 Å². The number of fused-ring (bicyclic) bond motifs is 4. The number of pyridine rings is 1. The van der Waals surface area contributed by atoms with E-state index in [-0.39, 0.29) is 48.8 Å². The third kappa shape index (κ3) is 8.60. The summed E-state index contributed by atoms with van der Waals surface area (Å²) in [4.78, 5) is 4.79. The van der Waals surface area contributed by atoms with Crippen LogP contribution in [0.2, 0.25) is 0 Å². The topological polar surface area (TPSA) is 58.6 Å². The van der Waals surface area contributed by atoms with Crippen LogP contribution in [-0.4, -0.2) is 9.55 Å². The molecule has 0 aliphatic rings. The Kier molecular flexibility index (Phi) is 11.1. The van der Waals surface area contributed by atoms with E-state index in [4.69, 9.17) is 17.6 Å². The predicted octanol–water partition coefficient (Wildman–Crippen LogP) is 14.7. The van der Waals surface area contributed by atoms with Crippen LogP contribution in [0, 0.1) is 36.6 Å². The molecular weight excluding hydrogens is 961 g/mol. The Morgan fingerprint density at radius 2 is 1.47 bits per heavy atom. The summed E-state index contributed by atoms with van der Waals surface area (Å²) in [6, 6.07) is 46.0. The zero-order valence-electron chi connectivity index (χ0n) is 43.8. The molecule has 322 valence electrons. The number of furan rings is 1. The Hall–Kier alpha value is -6.12.